The van der Waals surface area contributed by atoms with Crippen LogP contribution in [0.5, 0.6) is 5.75 Å². The molecule has 1 N–H and O–H groups in total. The zero-order chi connectivity index (χ0) is 22.6. The van der Waals surface area contributed by atoms with Gasteiger partial charge in [-0.25, -0.2) is 8.42 Å². The summed E-state index contributed by atoms with van der Waals surface area (Å²) in [7, 11) is -2.15. The van der Waals surface area contributed by atoms with Gasteiger partial charge in [0.1, 0.15) is 5.75 Å². The molecule has 0 saturated heterocycles. The summed E-state index contributed by atoms with van der Waals surface area (Å²) in [6.45, 7) is 0.304. The molecule has 1 aliphatic rings. The van der Waals surface area contributed by atoms with E-state index in [0.717, 1.165) is 5.56 Å². The normalized spacial score (nSPS) is 15.5. The van der Waals surface area contributed by atoms with E-state index in [1.807, 2.05) is 24.3 Å². The van der Waals surface area contributed by atoms with Crippen molar-refractivity contribution in [2.45, 2.75) is 18.5 Å². The van der Waals surface area contributed by atoms with Gasteiger partial charge in [-0.2, -0.15) is 0 Å². The Kier molecular flexibility index (Phi) is 6.43. The first kappa shape index (κ1) is 21.9. The maximum atomic E-state index is 13.3. The Balaban J connectivity index is 1.58. The van der Waals surface area contributed by atoms with Crippen molar-refractivity contribution in [2.75, 3.05) is 23.3 Å². The molecule has 0 aliphatic carbocycles. The second-order valence-corrected chi connectivity index (χ2v) is 9.36. The number of sulfonamides is 1. The number of methoxy groups -OCH3 is 1. The molecule has 1 aliphatic heterocycles. The van der Waals surface area contributed by atoms with Crippen LogP contribution in [0.1, 0.15) is 11.1 Å². The predicted octanol–water partition coefficient (Wildman–Crippen LogP) is 3.57. The highest BCUT2D eigenvalue weighted by molar-refractivity contribution is 7.92. The summed E-state index contributed by atoms with van der Waals surface area (Å²) in [5.74, 6) is -0.243. The Morgan fingerprint density at radius 2 is 1.75 bits per heavy atom. The van der Waals surface area contributed by atoms with E-state index < -0.39 is 22.0 Å². The van der Waals surface area contributed by atoms with Gasteiger partial charge < -0.3 is 14.8 Å². The van der Waals surface area contributed by atoms with Crippen molar-refractivity contribution < 1.29 is 22.7 Å². The third-order valence-corrected chi connectivity index (χ3v) is 6.78. The number of carbonyl (C=O) groups excluding carboxylic acids is 1. The van der Waals surface area contributed by atoms with Gasteiger partial charge >= 0.3 is 0 Å². The van der Waals surface area contributed by atoms with Crippen LogP contribution in [0.15, 0.2) is 78.9 Å². The summed E-state index contributed by atoms with van der Waals surface area (Å²) in [6, 6.07) is 23.1. The standard InChI is InChI=1S/C24H24N2O5S/c1-30-16-19-10-7-11-20(14-19)25-24(27)23-15-26(21-12-5-6-13-22(21)31-23)32(28,29)17-18-8-3-2-4-9-18/h2-14,23H,15-17H2,1H3,(H,25,27). The van der Waals surface area contributed by atoms with E-state index in [1.54, 1.807) is 61.7 Å². The summed E-state index contributed by atoms with van der Waals surface area (Å²) in [5.41, 5.74) is 2.60. The summed E-state index contributed by atoms with van der Waals surface area (Å²) in [6.07, 6.45) is -0.999. The van der Waals surface area contributed by atoms with E-state index in [9.17, 15) is 13.2 Å². The monoisotopic (exact) mass is 452 g/mol. The Morgan fingerprint density at radius 1 is 1.03 bits per heavy atom. The third-order valence-electron chi connectivity index (χ3n) is 5.06. The number of rotatable bonds is 7. The SMILES string of the molecule is COCc1cccc(NC(=O)C2CN(S(=O)(=O)Cc3ccccc3)c3ccccc3O2)c1. The molecule has 0 aromatic heterocycles. The number of hydrogen-bond acceptors (Lipinski definition) is 5. The van der Waals surface area contributed by atoms with Gasteiger partial charge in [-0.15, -0.1) is 0 Å². The number of anilines is 2. The number of para-hydroxylation sites is 2. The van der Waals surface area contributed by atoms with Crippen molar-refractivity contribution in [1.29, 1.82) is 0 Å². The molecule has 3 aromatic carbocycles. The number of nitrogens with zero attached hydrogens (tertiary/aromatic N) is 1. The lowest BCUT2D eigenvalue weighted by atomic mass is 10.2. The molecule has 1 atom stereocenters. The largest absolute Gasteiger partial charge is 0.476 e. The Morgan fingerprint density at radius 3 is 2.53 bits per heavy atom. The molecule has 1 heterocycles. The first-order valence-corrected chi connectivity index (χ1v) is 11.8. The third kappa shape index (κ3) is 4.92. The van der Waals surface area contributed by atoms with Crippen molar-refractivity contribution in [1.82, 2.24) is 0 Å². The second-order valence-electron chi connectivity index (χ2n) is 7.47. The number of fused-ring (bicyclic) bond motifs is 1. The quantitative estimate of drug-likeness (QED) is 0.592. The van der Waals surface area contributed by atoms with Crippen molar-refractivity contribution >= 4 is 27.3 Å². The molecule has 0 saturated carbocycles. The van der Waals surface area contributed by atoms with E-state index in [0.29, 0.717) is 29.3 Å². The molecule has 32 heavy (non-hydrogen) atoms. The first-order valence-electron chi connectivity index (χ1n) is 10.1. The van der Waals surface area contributed by atoms with Gasteiger partial charge in [-0.05, 0) is 35.4 Å². The average molecular weight is 453 g/mol. The molecule has 0 spiro atoms. The fraction of sp³-hybridized carbons (Fsp3) is 0.208. The number of benzene rings is 3. The van der Waals surface area contributed by atoms with Crippen molar-refractivity contribution in [2.24, 2.45) is 0 Å². The number of nitrogens with one attached hydrogen (secondary N) is 1. The van der Waals surface area contributed by atoms with Crippen LogP contribution in [0.3, 0.4) is 0 Å². The highest BCUT2D eigenvalue weighted by Gasteiger charge is 2.36. The van der Waals surface area contributed by atoms with Gasteiger partial charge in [0, 0.05) is 12.8 Å². The van der Waals surface area contributed by atoms with E-state index in [2.05, 4.69) is 5.32 Å². The lowest BCUT2D eigenvalue weighted by Gasteiger charge is -2.34. The van der Waals surface area contributed by atoms with Gasteiger partial charge in [0.25, 0.3) is 5.91 Å². The summed E-state index contributed by atoms with van der Waals surface area (Å²) in [4.78, 5) is 13.0. The highest BCUT2D eigenvalue weighted by atomic mass is 32.2. The van der Waals surface area contributed by atoms with Crippen LogP contribution in [-0.2, 0) is 31.9 Å². The van der Waals surface area contributed by atoms with Crippen LogP contribution >= 0.6 is 0 Å². The van der Waals surface area contributed by atoms with Crippen LogP contribution < -0.4 is 14.4 Å². The van der Waals surface area contributed by atoms with Crippen LogP contribution in [-0.4, -0.2) is 34.1 Å². The molecule has 166 valence electrons. The van der Waals surface area contributed by atoms with E-state index in [1.165, 1.54) is 4.31 Å². The van der Waals surface area contributed by atoms with Gasteiger partial charge in [-0.3, -0.25) is 9.10 Å². The lowest BCUT2D eigenvalue weighted by molar-refractivity contribution is -0.122. The summed E-state index contributed by atoms with van der Waals surface area (Å²) < 4.78 is 38.8. The Bertz CT molecular complexity index is 1200. The molecule has 3 aromatic rings. The van der Waals surface area contributed by atoms with Crippen LogP contribution in [0.2, 0.25) is 0 Å². The molecule has 0 fully saturated rings. The van der Waals surface area contributed by atoms with Gasteiger partial charge in [-0.1, -0.05) is 54.6 Å². The fourth-order valence-corrected chi connectivity index (χ4v) is 5.18. The number of hydrogen-bond donors (Lipinski definition) is 1. The minimum atomic E-state index is -3.75. The highest BCUT2D eigenvalue weighted by Crippen LogP contribution is 2.36. The number of carbonyl (C=O) groups is 1. The number of amides is 1. The fourth-order valence-electron chi connectivity index (χ4n) is 3.59. The molecule has 1 unspecified atom stereocenters. The average Bonchev–Trinajstić information content (AvgIpc) is 2.79. The molecule has 0 bridgehead atoms. The maximum absolute atomic E-state index is 13.3. The van der Waals surface area contributed by atoms with Crippen LogP contribution in [0.4, 0.5) is 11.4 Å². The Labute approximate surface area is 187 Å². The lowest BCUT2D eigenvalue weighted by Crippen LogP contribution is -2.49. The van der Waals surface area contributed by atoms with Crippen LogP contribution in [0.25, 0.3) is 0 Å². The Hall–Kier alpha value is -3.36. The molecule has 1 amide bonds. The zero-order valence-corrected chi connectivity index (χ0v) is 18.4. The van der Waals surface area contributed by atoms with Gasteiger partial charge in [0.2, 0.25) is 10.0 Å². The van der Waals surface area contributed by atoms with Gasteiger partial charge in [0.15, 0.2) is 6.10 Å². The number of ether oxygens (including phenoxy) is 2. The van der Waals surface area contributed by atoms with Crippen molar-refractivity contribution in [3.8, 4) is 5.75 Å². The van der Waals surface area contributed by atoms with E-state index in [4.69, 9.17) is 9.47 Å². The topological polar surface area (TPSA) is 84.9 Å². The van der Waals surface area contributed by atoms with Crippen molar-refractivity contribution in [3.05, 3.63) is 90.0 Å². The zero-order valence-electron chi connectivity index (χ0n) is 17.6. The molecular formula is C24H24N2O5S. The molecule has 4 rings (SSSR count). The predicted molar refractivity (Wildman–Crippen MR) is 123 cm³/mol. The van der Waals surface area contributed by atoms with E-state index >= 15 is 0 Å². The molecule has 0 radical (unpaired) electrons. The van der Waals surface area contributed by atoms with E-state index in [-0.39, 0.29) is 12.3 Å². The minimum absolute atomic E-state index is 0.115. The molecular weight excluding hydrogens is 428 g/mol. The second kappa shape index (κ2) is 9.42. The smallest absolute Gasteiger partial charge is 0.267 e. The maximum Gasteiger partial charge on any atom is 0.267 e. The van der Waals surface area contributed by atoms with Gasteiger partial charge in [0.05, 0.1) is 24.6 Å². The summed E-state index contributed by atoms with van der Waals surface area (Å²) in [5, 5.41) is 2.82. The minimum Gasteiger partial charge on any atom is -0.476 e. The summed E-state index contributed by atoms with van der Waals surface area (Å²) >= 11 is 0. The first-order chi connectivity index (χ1) is 15.5. The van der Waals surface area contributed by atoms with Crippen molar-refractivity contribution in [3.63, 3.8) is 0 Å². The molecule has 7 nitrogen and oxygen atoms in total. The molecule has 8 heteroatoms. The van der Waals surface area contributed by atoms with Crippen LogP contribution in [0, 0.1) is 0 Å².